The first-order valence-corrected chi connectivity index (χ1v) is 7.09. The molecule has 0 atom stereocenters. The Morgan fingerprint density at radius 3 is 2.50 bits per heavy atom. The molecule has 0 bridgehead atoms. The molecule has 0 radical (unpaired) electrons. The van der Waals surface area contributed by atoms with E-state index in [1.54, 1.807) is 0 Å². The van der Waals surface area contributed by atoms with Gasteiger partial charge in [-0.15, -0.1) is 0 Å². The van der Waals surface area contributed by atoms with Crippen LogP contribution in [0.25, 0.3) is 10.9 Å². The Hall–Kier alpha value is -2.08. The van der Waals surface area contributed by atoms with Gasteiger partial charge in [0.05, 0.1) is 11.1 Å². The first kappa shape index (κ1) is 14.3. The number of nitriles is 1. The molecule has 0 unspecified atom stereocenters. The molecule has 1 heterocycles. The van der Waals surface area contributed by atoms with Crippen molar-refractivity contribution in [2.75, 3.05) is 11.4 Å². The summed E-state index contributed by atoms with van der Waals surface area (Å²) in [6, 6.07) is 12.5. The molecule has 2 aromatic rings. The Morgan fingerprint density at radius 1 is 1.20 bits per heavy atom. The first-order valence-electron chi connectivity index (χ1n) is 7.09. The largest absolute Gasteiger partial charge is 0.353 e. The van der Waals surface area contributed by atoms with Gasteiger partial charge in [0, 0.05) is 18.0 Å². The second-order valence-corrected chi connectivity index (χ2v) is 5.80. The number of hydrogen-bond donors (Lipinski definition) is 0. The summed E-state index contributed by atoms with van der Waals surface area (Å²) in [6.45, 7) is 9.55. The number of benzene rings is 1. The quantitative estimate of drug-likeness (QED) is 0.841. The summed E-state index contributed by atoms with van der Waals surface area (Å²) in [5.41, 5.74) is 1.59. The minimum atomic E-state index is 0.318. The van der Waals surface area contributed by atoms with Crippen LogP contribution in [0.2, 0.25) is 0 Å². The van der Waals surface area contributed by atoms with E-state index in [0.717, 1.165) is 23.3 Å². The van der Waals surface area contributed by atoms with Crippen molar-refractivity contribution in [1.82, 2.24) is 4.98 Å². The van der Waals surface area contributed by atoms with Gasteiger partial charge >= 0.3 is 0 Å². The molecule has 0 saturated heterocycles. The summed E-state index contributed by atoms with van der Waals surface area (Å²) < 4.78 is 0. The molecule has 0 spiro atoms. The molecule has 0 saturated carbocycles. The van der Waals surface area contributed by atoms with Crippen molar-refractivity contribution in [3.63, 3.8) is 0 Å². The lowest BCUT2D eigenvalue weighted by atomic mass is 10.1. The summed E-state index contributed by atoms with van der Waals surface area (Å²) in [7, 11) is 0. The van der Waals surface area contributed by atoms with Gasteiger partial charge in [-0.3, -0.25) is 0 Å². The fourth-order valence-electron chi connectivity index (χ4n) is 2.34. The third kappa shape index (κ3) is 2.91. The standard InChI is InChI=1S/C17H21N3/c1-12(2)11-20(13(3)4)17-15(10-18)9-14-7-5-6-8-16(14)19-17/h5-9,12-13H,11H2,1-4H3. The SMILES string of the molecule is CC(C)CN(c1nc2ccccc2cc1C#N)C(C)C. The van der Waals surface area contributed by atoms with Crippen LogP contribution in [0, 0.1) is 17.2 Å². The van der Waals surface area contributed by atoms with Crippen LogP contribution in [0.5, 0.6) is 0 Å². The smallest absolute Gasteiger partial charge is 0.147 e. The van der Waals surface area contributed by atoms with Gasteiger partial charge in [-0.1, -0.05) is 32.0 Å². The van der Waals surface area contributed by atoms with Crippen molar-refractivity contribution in [3.05, 3.63) is 35.9 Å². The second kappa shape index (κ2) is 5.92. The molecule has 0 N–H and O–H groups in total. The van der Waals surface area contributed by atoms with Crippen LogP contribution < -0.4 is 4.90 Å². The van der Waals surface area contributed by atoms with Crippen LogP contribution in [0.3, 0.4) is 0 Å². The van der Waals surface area contributed by atoms with Gasteiger partial charge in [-0.2, -0.15) is 5.26 Å². The summed E-state index contributed by atoms with van der Waals surface area (Å²) in [5, 5.41) is 10.4. The van der Waals surface area contributed by atoms with E-state index in [1.807, 2.05) is 30.3 Å². The number of para-hydroxylation sites is 1. The first-order chi connectivity index (χ1) is 9.52. The molecule has 0 aliphatic rings. The average molecular weight is 267 g/mol. The van der Waals surface area contributed by atoms with E-state index < -0.39 is 0 Å². The van der Waals surface area contributed by atoms with Crippen LogP contribution in [-0.2, 0) is 0 Å². The number of fused-ring (bicyclic) bond motifs is 1. The predicted molar refractivity (Wildman–Crippen MR) is 83.8 cm³/mol. The van der Waals surface area contributed by atoms with Crippen LogP contribution in [-0.4, -0.2) is 17.6 Å². The van der Waals surface area contributed by atoms with Crippen molar-refractivity contribution >= 4 is 16.7 Å². The van der Waals surface area contributed by atoms with Crippen molar-refractivity contribution in [1.29, 1.82) is 5.26 Å². The lowest BCUT2D eigenvalue weighted by Gasteiger charge is -2.30. The molecular formula is C17H21N3. The Morgan fingerprint density at radius 2 is 1.90 bits per heavy atom. The van der Waals surface area contributed by atoms with Gasteiger partial charge in [0.1, 0.15) is 11.9 Å². The molecule has 1 aromatic heterocycles. The molecular weight excluding hydrogens is 246 g/mol. The van der Waals surface area contributed by atoms with Gasteiger partial charge in [-0.25, -0.2) is 4.98 Å². The van der Waals surface area contributed by atoms with Crippen LogP contribution in [0.4, 0.5) is 5.82 Å². The molecule has 20 heavy (non-hydrogen) atoms. The fourth-order valence-corrected chi connectivity index (χ4v) is 2.34. The maximum absolute atomic E-state index is 9.43. The highest BCUT2D eigenvalue weighted by Crippen LogP contribution is 2.25. The van der Waals surface area contributed by atoms with Gasteiger partial charge in [0.2, 0.25) is 0 Å². The summed E-state index contributed by atoms with van der Waals surface area (Å²) >= 11 is 0. The van der Waals surface area contributed by atoms with Crippen molar-refractivity contribution < 1.29 is 0 Å². The highest BCUT2D eigenvalue weighted by Gasteiger charge is 2.18. The van der Waals surface area contributed by atoms with Crippen molar-refractivity contribution in [2.45, 2.75) is 33.7 Å². The zero-order valence-corrected chi connectivity index (χ0v) is 12.6. The second-order valence-electron chi connectivity index (χ2n) is 5.80. The molecule has 0 fully saturated rings. The predicted octanol–water partition coefficient (Wildman–Crippen LogP) is 3.98. The lowest BCUT2D eigenvalue weighted by molar-refractivity contribution is 0.566. The molecule has 1 aromatic carbocycles. The lowest BCUT2D eigenvalue weighted by Crippen LogP contribution is -2.35. The maximum Gasteiger partial charge on any atom is 0.147 e. The zero-order chi connectivity index (χ0) is 14.7. The highest BCUT2D eigenvalue weighted by atomic mass is 15.2. The number of hydrogen-bond acceptors (Lipinski definition) is 3. The third-order valence-corrected chi connectivity index (χ3v) is 3.28. The van der Waals surface area contributed by atoms with E-state index >= 15 is 0 Å². The van der Waals surface area contributed by atoms with E-state index in [0.29, 0.717) is 17.5 Å². The Kier molecular flexibility index (Phi) is 4.24. The summed E-state index contributed by atoms with van der Waals surface area (Å²) in [6.07, 6.45) is 0. The van der Waals surface area contributed by atoms with E-state index in [9.17, 15) is 5.26 Å². The minimum absolute atomic E-state index is 0.318. The van der Waals surface area contributed by atoms with Gasteiger partial charge in [0.15, 0.2) is 0 Å². The number of rotatable bonds is 4. The van der Waals surface area contributed by atoms with Crippen LogP contribution >= 0.6 is 0 Å². The molecule has 0 aliphatic carbocycles. The number of pyridine rings is 1. The molecule has 104 valence electrons. The molecule has 0 amide bonds. The van der Waals surface area contributed by atoms with E-state index in [1.165, 1.54) is 0 Å². The minimum Gasteiger partial charge on any atom is -0.353 e. The van der Waals surface area contributed by atoms with Crippen molar-refractivity contribution in [3.8, 4) is 6.07 Å². The summed E-state index contributed by atoms with van der Waals surface area (Å²) in [4.78, 5) is 6.94. The Labute approximate surface area is 120 Å². The maximum atomic E-state index is 9.43. The average Bonchev–Trinajstić information content (AvgIpc) is 2.42. The van der Waals surface area contributed by atoms with Crippen molar-refractivity contribution in [2.24, 2.45) is 5.92 Å². The number of nitrogens with zero attached hydrogens (tertiary/aromatic N) is 3. The molecule has 3 heteroatoms. The van der Waals surface area contributed by atoms with E-state index in [-0.39, 0.29) is 0 Å². The fraction of sp³-hybridized carbons (Fsp3) is 0.412. The Balaban J connectivity index is 2.58. The number of anilines is 1. The molecule has 0 aliphatic heterocycles. The van der Waals surface area contributed by atoms with Gasteiger partial charge in [-0.05, 0) is 31.9 Å². The Bertz CT molecular complexity index is 638. The molecule has 3 nitrogen and oxygen atoms in total. The monoisotopic (exact) mass is 267 g/mol. The summed E-state index contributed by atoms with van der Waals surface area (Å²) in [5.74, 6) is 1.33. The normalized spacial score (nSPS) is 11.1. The van der Waals surface area contributed by atoms with Crippen LogP contribution in [0.1, 0.15) is 33.3 Å². The third-order valence-electron chi connectivity index (χ3n) is 3.28. The van der Waals surface area contributed by atoms with E-state index in [2.05, 4.69) is 38.7 Å². The molecule has 2 rings (SSSR count). The topological polar surface area (TPSA) is 39.9 Å². The number of aromatic nitrogens is 1. The van der Waals surface area contributed by atoms with Crippen LogP contribution in [0.15, 0.2) is 30.3 Å². The van der Waals surface area contributed by atoms with Gasteiger partial charge < -0.3 is 4.90 Å². The van der Waals surface area contributed by atoms with E-state index in [4.69, 9.17) is 4.98 Å². The van der Waals surface area contributed by atoms with Gasteiger partial charge in [0.25, 0.3) is 0 Å². The zero-order valence-electron chi connectivity index (χ0n) is 12.6. The highest BCUT2D eigenvalue weighted by molar-refractivity contribution is 5.83.